The summed E-state index contributed by atoms with van der Waals surface area (Å²) >= 11 is 6.12. The lowest BCUT2D eigenvalue weighted by atomic mass is 10.1. The Hall–Kier alpha value is -2.40. The van der Waals surface area contributed by atoms with Gasteiger partial charge in [-0.15, -0.1) is 0 Å². The quantitative estimate of drug-likeness (QED) is 0.679. The Bertz CT molecular complexity index is 975. The van der Waals surface area contributed by atoms with Gasteiger partial charge in [-0.25, -0.2) is 0 Å². The van der Waals surface area contributed by atoms with E-state index in [0.717, 1.165) is 5.56 Å². The van der Waals surface area contributed by atoms with Crippen LogP contribution >= 0.6 is 11.6 Å². The van der Waals surface area contributed by atoms with Crippen LogP contribution in [0.3, 0.4) is 0 Å². The molecule has 3 rings (SSSR count). The van der Waals surface area contributed by atoms with Gasteiger partial charge >= 0.3 is 0 Å². The van der Waals surface area contributed by atoms with Crippen molar-refractivity contribution in [1.29, 1.82) is 0 Å². The van der Waals surface area contributed by atoms with Crippen molar-refractivity contribution in [2.45, 2.75) is 6.92 Å². The summed E-state index contributed by atoms with van der Waals surface area (Å²) in [6.45, 7) is 1.85. The molecule has 0 amide bonds. The molecule has 0 saturated carbocycles. The molecule has 0 spiro atoms. The predicted octanol–water partition coefficient (Wildman–Crippen LogP) is 3.93. The van der Waals surface area contributed by atoms with Crippen molar-refractivity contribution in [2.75, 3.05) is 21.3 Å². The molecule has 0 saturated heterocycles. The number of methoxy groups -OCH3 is 3. The lowest BCUT2D eigenvalue weighted by Gasteiger charge is -2.13. The summed E-state index contributed by atoms with van der Waals surface area (Å²) in [5.41, 5.74) is 1.23. The fraction of sp³-hybridized carbons (Fsp3) is 0.235. The number of rotatable bonds is 3. The van der Waals surface area contributed by atoms with Gasteiger partial charge in [-0.05, 0) is 30.7 Å². The highest BCUT2D eigenvalue weighted by Crippen LogP contribution is 2.39. The van der Waals surface area contributed by atoms with Crippen LogP contribution in [0.25, 0.3) is 21.9 Å². The van der Waals surface area contributed by atoms with Crippen LogP contribution in [-0.4, -0.2) is 21.3 Å². The number of fused-ring (bicyclic) bond motifs is 2. The molecule has 0 aliphatic heterocycles. The van der Waals surface area contributed by atoms with E-state index in [1.807, 2.05) is 6.92 Å². The topological polar surface area (TPSA) is 57.9 Å². The third-order valence-electron chi connectivity index (χ3n) is 3.75. The third-order valence-corrected chi connectivity index (χ3v) is 4.05. The van der Waals surface area contributed by atoms with E-state index in [1.165, 1.54) is 21.3 Å². The minimum Gasteiger partial charge on any atom is -0.496 e. The largest absolute Gasteiger partial charge is 0.496 e. The fourth-order valence-corrected chi connectivity index (χ4v) is 2.97. The summed E-state index contributed by atoms with van der Waals surface area (Å²) in [5.74, 6) is 1.19. The van der Waals surface area contributed by atoms with Gasteiger partial charge in [0, 0.05) is 0 Å². The SMILES string of the molecule is COc1c(C)cc(OC)c2c(=O)c3c(OC)c(Cl)ccc3oc12. The molecule has 23 heavy (non-hydrogen) atoms. The van der Waals surface area contributed by atoms with Crippen molar-refractivity contribution in [3.8, 4) is 17.2 Å². The normalized spacial score (nSPS) is 11.0. The molecule has 0 radical (unpaired) electrons. The van der Waals surface area contributed by atoms with Gasteiger partial charge in [0.25, 0.3) is 0 Å². The summed E-state index contributed by atoms with van der Waals surface area (Å²) in [6.07, 6.45) is 0. The zero-order valence-electron chi connectivity index (χ0n) is 13.2. The summed E-state index contributed by atoms with van der Waals surface area (Å²) < 4.78 is 22.0. The van der Waals surface area contributed by atoms with E-state index in [0.29, 0.717) is 33.1 Å². The molecular weight excluding hydrogens is 320 g/mol. The number of aryl methyl sites for hydroxylation is 1. The van der Waals surface area contributed by atoms with Crippen LogP contribution in [0.5, 0.6) is 17.2 Å². The van der Waals surface area contributed by atoms with Gasteiger partial charge in [0.15, 0.2) is 17.1 Å². The Morgan fingerprint density at radius 3 is 2.30 bits per heavy atom. The second kappa shape index (κ2) is 5.66. The first-order chi connectivity index (χ1) is 11.0. The van der Waals surface area contributed by atoms with E-state index in [9.17, 15) is 4.79 Å². The predicted molar refractivity (Wildman–Crippen MR) is 89.4 cm³/mol. The minimum absolute atomic E-state index is 0.275. The van der Waals surface area contributed by atoms with E-state index in [2.05, 4.69) is 0 Å². The van der Waals surface area contributed by atoms with Crippen molar-refractivity contribution in [1.82, 2.24) is 0 Å². The highest BCUT2D eigenvalue weighted by Gasteiger charge is 2.21. The molecule has 5 nitrogen and oxygen atoms in total. The second-order valence-electron chi connectivity index (χ2n) is 5.02. The van der Waals surface area contributed by atoms with Crippen molar-refractivity contribution in [2.24, 2.45) is 0 Å². The Morgan fingerprint density at radius 1 is 1.00 bits per heavy atom. The van der Waals surface area contributed by atoms with E-state index in [4.69, 9.17) is 30.2 Å². The van der Waals surface area contributed by atoms with Gasteiger partial charge in [0.1, 0.15) is 22.1 Å². The molecule has 6 heteroatoms. The van der Waals surface area contributed by atoms with Crippen LogP contribution in [0.4, 0.5) is 0 Å². The molecule has 0 aliphatic carbocycles. The molecule has 2 aromatic carbocycles. The van der Waals surface area contributed by atoms with Gasteiger partial charge in [-0.2, -0.15) is 0 Å². The zero-order chi connectivity index (χ0) is 16.7. The number of ether oxygens (including phenoxy) is 3. The molecular formula is C17H15ClO5. The zero-order valence-corrected chi connectivity index (χ0v) is 13.9. The van der Waals surface area contributed by atoms with Crippen LogP contribution in [-0.2, 0) is 0 Å². The van der Waals surface area contributed by atoms with E-state index >= 15 is 0 Å². The highest BCUT2D eigenvalue weighted by molar-refractivity contribution is 6.33. The molecule has 0 N–H and O–H groups in total. The molecule has 0 atom stereocenters. The molecule has 0 unspecified atom stereocenters. The third kappa shape index (κ3) is 2.19. The van der Waals surface area contributed by atoms with Gasteiger partial charge in [0.05, 0.1) is 26.4 Å². The average molecular weight is 335 g/mol. The number of hydrogen-bond acceptors (Lipinski definition) is 5. The number of hydrogen-bond donors (Lipinski definition) is 0. The maximum absolute atomic E-state index is 13.0. The first-order valence-electron chi connectivity index (χ1n) is 6.88. The Morgan fingerprint density at radius 2 is 1.70 bits per heavy atom. The standard InChI is InChI=1S/C17H15ClO5/c1-8-7-11(20-2)13-14(19)12-10(23-17(13)15(8)21-3)6-5-9(18)16(12)22-4/h5-7H,1-4H3. The van der Waals surface area contributed by atoms with Crippen LogP contribution in [0, 0.1) is 6.92 Å². The first-order valence-corrected chi connectivity index (χ1v) is 7.25. The highest BCUT2D eigenvalue weighted by atomic mass is 35.5. The smallest absolute Gasteiger partial charge is 0.208 e. The first kappa shape index (κ1) is 15.5. The number of halogens is 1. The lowest BCUT2D eigenvalue weighted by Crippen LogP contribution is -2.07. The molecule has 0 aliphatic rings. The minimum atomic E-state index is -0.282. The lowest BCUT2D eigenvalue weighted by molar-refractivity contribution is 0.400. The molecule has 120 valence electrons. The maximum atomic E-state index is 13.0. The van der Waals surface area contributed by atoms with Gasteiger partial charge < -0.3 is 18.6 Å². The molecule has 0 bridgehead atoms. The summed E-state index contributed by atoms with van der Waals surface area (Å²) in [6, 6.07) is 4.99. The molecule has 1 aromatic heterocycles. The monoisotopic (exact) mass is 334 g/mol. The molecule has 0 fully saturated rings. The van der Waals surface area contributed by atoms with Crippen LogP contribution < -0.4 is 19.6 Å². The summed E-state index contributed by atoms with van der Waals surface area (Å²) in [4.78, 5) is 13.0. The maximum Gasteiger partial charge on any atom is 0.208 e. The van der Waals surface area contributed by atoms with Crippen molar-refractivity contribution in [3.05, 3.63) is 39.0 Å². The van der Waals surface area contributed by atoms with Gasteiger partial charge in [0.2, 0.25) is 5.43 Å². The van der Waals surface area contributed by atoms with Gasteiger partial charge in [-0.1, -0.05) is 11.6 Å². The summed E-state index contributed by atoms with van der Waals surface area (Å²) in [7, 11) is 4.48. The van der Waals surface area contributed by atoms with E-state index in [-0.39, 0.29) is 16.6 Å². The Balaban J connectivity index is 2.64. The second-order valence-corrected chi connectivity index (χ2v) is 5.43. The molecule has 3 aromatic rings. The van der Waals surface area contributed by atoms with Crippen molar-refractivity contribution in [3.63, 3.8) is 0 Å². The van der Waals surface area contributed by atoms with Gasteiger partial charge in [-0.3, -0.25) is 4.79 Å². The van der Waals surface area contributed by atoms with Crippen LogP contribution in [0.1, 0.15) is 5.56 Å². The van der Waals surface area contributed by atoms with Crippen LogP contribution in [0.2, 0.25) is 5.02 Å². The number of benzene rings is 2. The van der Waals surface area contributed by atoms with Crippen LogP contribution in [0.15, 0.2) is 27.4 Å². The Labute approximate surface area is 137 Å². The molecule has 1 heterocycles. The Kier molecular flexibility index (Phi) is 3.82. The van der Waals surface area contributed by atoms with E-state index < -0.39 is 0 Å². The average Bonchev–Trinajstić information content (AvgIpc) is 2.54. The van der Waals surface area contributed by atoms with E-state index in [1.54, 1.807) is 18.2 Å². The van der Waals surface area contributed by atoms with Crippen molar-refractivity contribution >= 4 is 33.5 Å². The fourth-order valence-electron chi connectivity index (χ4n) is 2.74. The summed E-state index contributed by atoms with van der Waals surface area (Å²) in [5, 5.41) is 0.907. The van der Waals surface area contributed by atoms with Crippen molar-refractivity contribution < 1.29 is 18.6 Å².